The second kappa shape index (κ2) is 6.37. The fourth-order valence-corrected chi connectivity index (χ4v) is 3.25. The number of amides is 1. The number of benzene rings is 1. The lowest BCUT2D eigenvalue weighted by Crippen LogP contribution is -2.45. The maximum Gasteiger partial charge on any atom is 0.230 e. The van der Waals surface area contributed by atoms with Crippen LogP contribution in [0.15, 0.2) is 24.3 Å². The molecule has 1 saturated carbocycles. The summed E-state index contributed by atoms with van der Waals surface area (Å²) in [4.78, 5) is 12.5. The van der Waals surface area contributed by atoms with Crippen LogP contribution in [0.2, 0.25) is 5.02 Å². The molecule has 110 valence electrons. The third-order valence-corrected chi connectivity index (χ3v) is 5.36. The number of hydrogen-bond acceptors (Lipinski definition) is 3. The van der Waals surface area contributed by atoms with Crippen molar-refractivity contribution in [1.82, 2.24) is 5.32 Å². The molecule has 2 rings (SSSR count). The molecule has 0 radical (unpaired) electrons. The van der Waals surface area contributed by atoms with Gasteiger partial charge in [-0.15, -0.1) is 0 Å². The average Bonchev–Trinajstić information content (AvgIpc) is 3.21. The van der Waals surface area contributed by atoms with Crippen LogP contribution in [0.5, 0.6) is 0 Å². The second-order valence-corrected chi connectivity index (χ2v) is 6.82. The lowest BCUT2D eigenvalue weighted by atomic mass is 9.94. The van der Waals surface area contributed by atoms with Gasteiger partial charge in [0, 0.05) is 16.3 Å². The van der Waals surface area contributed by atoms with E-state index in [9.17, 15) is 9.90 Å². The van der Waals surface area contributed by atoms with Crippen molar-refractivity contribution in [3.05, 3.63) is 34.9 Å². The van der Waals surface area contributed by atoms with E-state index < -0.39 is 5.41 Å². The minimum Gasteiger partial charge on any atom is -0.395 e. The number of rotatable bonds is 6. The van der Waals surface area contributed by atoms with Gasteiger partial charge >= 0.3 is 0 Å². The van der Waals surface area contributed by atoms with Crippen LogP contribution in [0.4, 0.5) is 0 Å². The summed E-state index contributed by atoms with van der Waals surface area (Å²) in [6, 6.07) is 7.47. The number of halogens is 1. The van der Waals surface area contributed by atoms with E-state index in [1.165, 1.54) is 0 Å². The molecule has 2 atom stereocenters. The van der Waals surface area contributed by atoms with Crippen LogP contribution in [0.1, 0.15) is 25.3 Å². The van der Waals surface area contributed by atoms with E-state index in [4.69, 9.17) is 11.6 Å². The Bertz CT molecular complexity index is 487. The second-order valence-electron chi connectivity index (χ2n) is 5.31. The summed E-state index contributed by atoms with van der Waals surface area (Å²) in [6.45, 7) is 2.00. The number of aliphatic hydroxyl groups is 1. The van der Waals surface area contributed by atoms with Gasteiger partial charge in [-0.25, -0.2) is 0 Å². The normalized spacial score (nSPS) is 19.2. The molecule has 0 aromatic heterocycles. The van der Waals surface area contributed by atoms with Gasteiger partial charge < -0.3 is 10.4 Å². The molecule has 1 fully saturated rings. The van der Waals surface area contributed by atoms with Gasteiger partial charge in [-0.1, -0.05) is 23.7 Å². The first-order valence-electron chi connectivity index (χ1n) is 6.74. The smallest absolute Gasteiger partial charge is 0.230 e. The van der Waals surface area contributed by atoms with E-state index in [0.29, 0.717) is 5.02 Å². The van der Waals surface area contributed by atoms with Crippen LogP contribution >= 0.6 is 23.4 Å². The van der Waals surface area contributed by atoms with Gasteiger partial charge in [0.2, 0.25) is 5.91 Å². The minimum atomic E-state index is -0.419. The highest BCUT2D eigenvalue weighted by Gasteiger charge is 2.51. The number of nitrogens with one attached hydrogen (secondary N) is 1. The minimum absolute atomic E-state index is 0.0223. The molecule has 0 saturated heterocycles. The molecule has 0 bridgehead atoms. The summed E-state index contributed by atoms with van der Waals surface area (Å²) in [5.41, 5.74) is 0.566. The van der Waals surface area contributed by atoms with Crippen LogP contribution in [0, 0.1) is 0 Å². The predicted molar refractivity (Wildman–Crippen MR) is 84.4 cm³/mol. The summed E-state index contributed by atoms with van der Waals surface area (Å²) in [5, 5.41) is 13.0. The number of aliphatic hydroxyl groups excluding tert-OH is 1. The molecule has 0 aliphatic heterocycles. The number of carbonyl (C=O) groups excluding carboxylic acids is 1. The predicted octanol–water partition coefficient (Wildman–Crippen LogP) is 2.60. The van der Waals surface area contributed by atoms with E-state index in [0.717, 1.165) is 18.4 Å². The third-order valence-electron chi connectivity index (χ3n) is 3.96. The van der Waals surface area contributed by atoms with Gasteiger partial charge in [0.1, 0.15) is 0 Å². The summed E-state index contributed by atoms with van der Waals surface area (Å²) in [7, 11) is 0. The Hall–Kier alpha value is -0.710. The number of thioether (sulfide) groups is 1. The zero-order valence-electron chi connectivity index (χ0n) is 11.7. The zero-order chi connectivity index (χ0) is 14.8. The molecule has 1 aromatic carbocycles. The van der Waals surface area contributed by atoms with Crippen LogP contribution in [-0.4, -0.2) is 35.2 Å². The van der Waals surface area contributed by atoms with Crippen molar-refractivity contribution in [2.24, 2.45) is 0 Å². The van der Waals surface area contributed by atoms with Crippen molar-refractivity contribution in [3.63, 3.8) is 0 Å². The Morgan fingerprint density at radius 1 is 1.55 bits per heavy atom. The van der Waals surface area contributed by atoms with Crippen molar-refractivity contribution in [2.75, 3.05) is 12.9 Å². The van der Waals surface area contributed by atoms with Crippen molar-refractivity contribution < 1.29 is 9.90 Å². The molecule has 5 heteroatoms. The Balaban J connectivity index is 2.09. The van der Waals surface area contributed by atoms with Gasteiger partial charge in [0.05, 0.1) is 12.0 Å². The number of hydrogen-bond donors (Lipinski definition) is 2. The number of carbonyl (C=O) groups is 1. The molecule has 3 nitrogen and oxygen atoms in total. The Kier molecular flexibility index (Phi) is 4.99. The highest BCUT2D eigenvalue weighted by molar-refractivity contribution is 7.99. The Morgan fingerprint density at radius 3 is 2.75 bits per heavy atom. The molecule has 0 spiro atoms. The summed E-state index contributed by atoms with van der Waals surface area (Å²) in [5.74, 6) is 0.0415. The van der Waals surface area contributed by atoms with Crippen LogP contribution in [0.3, 0.4) is 0 Å². The maximum absolute atomic E-state index is 12.5. The fraction of sp³-hybridized carbons (Fsp3) is 0.533. The molecule has 1 aromatic rings. The monoisotopic (exact) mass is 313 g/mol. The molecule has 1 amide bonds. The molecule has 0 unspecified atom stereocenters. The van der Waals surface area contributed by atoms with Crippen LogP contribution in [0.25, 0.3) is 0 Å². The topological polar surface area (TPSA) is 49.3 Å². The summed E-state index contributed by atoms with van der Waals surface area (Å²) >= 11 is 7.58. The molecule has 20 heavy (non-hydrogen) atoms. The highest BCUT2D eigenvalue weighted by Crippen LogP contribution is 2.49. The highest BCUT2D eigenvalue weighted by atomic mass is 35.5. The molecule has 2 N–H and O–H groups in total. The van der Waals surface area contributed by atoms with Gasteiger partial charge in [0.15, 0.2) is 0 Å². The van der Waals surface area contributed by atoms with E-state index in [1.807, 2.05) is 37.4 Å². The van der Waals surface area contributed by atoms with Gasteiger partial charge in [-0.2, -0.15) is 11.8 Å². The van der Waals surface area contributed by atoms with Crippen LogP contribution < -0.4 is 5.32 Å². The van der Waals surface area contributed by atoms with E-state index >= 15 is 0 Å². The van der Waals surface area contributed by atoms with E-state index in [-0.39, 0.29) is 23.8 Å². The lowest BCUT2D eigenvalue weighted by Gasteiger charge is -2.24. The van der Waals surface area contributed by atoms with Crippen molar-refractivity contribution in [3.8, 4) is 0 Å². The summed E-state index contributed by atoms with van der Waals surface area (Å²) in [6.07, 6.45) is 3.65. The molecular formula is C15H20ClNO2S. The molecule has 1 aliphatic carbocycles. The fourth-order valence-electron chi connectivity index (χ4n) is 2.43. The SMILES string of the molecule is CS[C@H](CO)[C@H](C)NC(=O)C1(c2cccc(Cl)c2)CC1. The van der Waals surface area contributed by atoms with Crippen molar-refractivity contribution >= 4 is 29.3 Å². The largest absolute Gasteiger partial charge is 0.395 e. The summed E-state index contributed by atoms with van der Waals surface area (Å²) < 4.78 is 0. The standard InChI is InChI=1S/C15H20ClNO2S/c1-10(13(9-18)20-2)17-14(19)15(6-7-15)11-4-3-5-12(16)8-11/h3-5,8,10,13,18H,6-7,9H2,1-2H3,(H,17,19)/t10-,13+/m0/s1. The van der Waals surface area contributed by atoms with Crippen molar-refractivity contribution in [1.29, 1.82) is 0 Å². The van der Waals surface area contributed by atoms with E-state index in [1.54, 1.807) is 11.8 Å². The first-order chi connectivity index (χ1) is 9.53. The Labute approximate surface area is 129 Å². The quantitative estimate of drug-likeness (QED) is 0.848. The lowest BCUT2D eigenvalue weighted by molar-refractivity contribution is -0.124. The molecule has 0 heterocycles. The van der Waals surface area contributed by atoms with E-state index in [2.05, 4.69) is 5.32 Å². The van der Waals surface area contributed by atoms with Crippen molar-refractivity contribution in [2.45, 2.75) is 36.5 Å². The third kappa shape index (κ3) is 3.13. The average molecular weight is 314 g/mol. The first-order valence-corrected chi connectivity index (χ1v) is 8.41. The van der Waals surface area contributed by atoms with Crippen LogP contribution in [-0.2, 0) is 10.2 Å². The van der Waals surface area contributed by atoms with Gasteiger partial charge in [-0.3, -0.25) is 4.79 Å². The Morgan fingerprint density at radius 2 is 2.25 bits per heavy atom. The zero-order valence-corrected chi connectivity index (χ0v) is 13.3. The first kappa shape index (κ1) is 15.7. The molecule has 1 aliphatic rings. The molecular weight excluding hydrogens is 294 g/mol. The maximum atomic E-state index is 12.5. The van der Waals surface area contributed by atoms with Gasteiger partial charge in [0.25, 0.3) is 0 Å². The van der Waals surface area contributed by atoms with Gasteiger partial charge in [-0.05, 0) is 43.7 Å².